The number of methoxy groups -OCH3 is 1. The molecule has 0 spiro atoms. The van der Waals surface area contributed by atoms with E-state index in [1.807, 2.05) is 6.07 Å². The van der Waals surface area contributed by atoms with Gasteiger partial charge in [-0.05, 0) is 24.1 Å². The summed E-state index contributed by atoms with van der Waals surface area (Å²) in [7, 11) is 3.43. The van der Waals surface area contributed by atoms with Crippen molar-refractivity contribution < 1.29 is 9.53 Å². The lowest BCUT2D eigenvalue weighted by atomic mass is 10.1. The quantitative estimate of drug-likeness (QED) is 0.841. The minimum absolute atomic E-state index is 0.0254. The third-order valence-corrected chi connectivity index (χ3v) is 3.15. The number of amides is 1. The van der Waals surface area contributed by atoms with Crippen molar-refractivity contribution in [2.45, 2.75) is 13.8 Å². The van der Waals surface area contributed by atoms with Crippen LogP contribution in [0.25, 0.3) is 0 Å². The van der Waals surface area contributed by atoms with Crippen molar-refractivity contribution in [3.8, 4) is 0 Å². The van der Waals surface area contributed by atoms with Crippen LogP contribution in [0.3, 0.4) is 0 Å². The van der Waals surface area contributed by atoms with Crippen LogP contribution in [0.4, 0.5) is 5.69 Å². The number of carbonyl (C=O) groups is 1. The van der Waals surface area contributed by atoms with Gasteiger partial charge in [-0.25, -0.2) is 0 Å². The highest BCUT2D eigenvalue weighted by Crippen LogP contribution is 2.22. The first-order valence-electron chi connectivity index (χ1n) is 6.75. The normalized spacial score (nSPS) is 10.7. The van der Waals surface area contributed by atoms with Gasteiger partial charge in [0.05, 0.1) is 12.2 Å². The molecule has 5 heteroatoms. The van der Waals surface area contributed by atoms with Crippen molar-refractivity contribution in [2.24, 2.45) is 5.92 Å². The van der Waals surface area contributed by atoms with E-state index in [1.54, 1.807) is 31.2 Å². The molecule has 0 aliphatic carbocycles. The van der Waals surface area contributed by atoms with Gasteiger partial charge in [-0.1, -0.05) is 25.4 Å². The van der Waals surface area contributed by atoms with Gasteiger partial charge in [-0.2, -0.15) is 0 Å². The van der Waals surface area contributed by atoms with Crippen molar-refractivity contribution in [3.63, 3.8) is 0 Å². The first-order valence-corrected chi connectivity index (χ1v) is 7.13. The number of nitrogens with one attached hydrogen (secondary N) is 1. The Balaban J connectivity index is 3.00. The molecule has 1 aromatic carbocycles. The van der Waals surface area contributed by atoms with Crippen LogP contribution < -0.4 is 5.32 Å². The summed E-state index contributed by atoms with van der Waals surface area (Å²) in [6.45, 7) is 5.96. The molecule has 0 aliphatic heterocycles. The standard InChI is InChI=1S/C15H23ClN2O2/c1-11(2)10-18(7-8-20-4)15(19)13-9-12(16)5-6-14(13)17-3/h5-6,9,11,17H,7-8,10H2,1-4H3. The zero-order valence-corrected chi connectivity index (χ0v) is 13.3. The third kappa shape index (κ3) is 4.69. The fourth-order valence-corrected chi connectivity index (χ4v) is 2.17. The van der Waals surface area contributed by atoms with Gasteiger partial charge in [0, 0.05) is 38.0 Å². The van der Waals surface area contributed by atoms with Gasteiger partial charge in [0.2, 0.25) is 0 Å². The number of anilines is 1. The van der Waals surface area contributed by atoms with Crippen LogP contribution in [0.15, 0.2) is 18.2 Å². The Morgan fingerprint density at radius 1 is 1.45 bits per heavy atom. The fraction of sp³-hybridized carbons (Fsp3) is 0.533. The summed E-state index contributed by atoms with van der Waals surface area (Å²) >= 11 is 6.01. The highest BCUT2D eigenvalue weighted by Gasteiger charge is 2.19. The van der Waals surface area contributed by atoms with E-state index in [0.29, 0.717) is 36.2 Å². The second-order valence-electron chi connectivity index (χ2n) is 5.08. The van der Waals surface area contributed by atoms with Crippen molar-refractivity contribution in [1.82, 2.24) is 4.90 Å². The van der Waals surface area contributed by atoms with Gasteiger partial charge in [-0.15, -0.1) is 0 Å². The zero-order valence-electron chi connectivity index (χ0n) is 12.6. The average Bonchev–Trinajstić information content (AvgIpc) is 2.42. The van der Waals surface area contributed by atoms with Crippen LogP contribution in [0.1, 0.15) is 24.2 Å². The topological polar surface area (TPSA) is 41.6 Å². The van der Waals surface area contributed by atoms with Gasteiger partial charge in [0.15, 0.2) is 0 Å². The maximum Gasteiger partial charge on any atom is 0.256 e. The summed E-state index contributed by atoms with van der Waals surface area (Å²) in [5, 5.41) is 3.59. The van der Waals surface area contributed by atoms with Crippen molar-refractivity contribution in [3.05, 3.63) is 28.8 Å². The van der Waals surface area contributed by atoms with Gasteiger partial charge in [0.25, 0.3) is 5.91 Å². The summed E-state index contributed by atoms with van der Waals surface area (Å²) < 4.78 is 5.08. The van der Waals surface area contributed by atoms with E-state index in [1.165, 1.54) is 0 Å². The summed E-state index contributed by atoms with van der Waals surface area (Å²) in [6.07, 6.45) is 0. The number of nitrogens with zero attached hydrogens (tertiary/aromatic N) is 1. The van der Waals surface area contributed by atoms with Crippen LogP contribution in [0, 0.1) is 5.92 Å². The summed E-state index contributed by atoms with van der Waals surface area (Å²) in [6, 6.07) is 5.29. The molecule has 0 fully saturated rings. The van der Waals surface area contributed by atoms with Gasteiger partial charge in [0.1, 0.15) is 0 Å². The molecule has 112 valence electrons. The third-order valence-electron chi connectivity index (χ3n) is 2.92. The minimum Gasteiger partial charge on any atom is -0.387 e. The van der Waals surface area contributed by atoms with E-state index in [0.717, 1.165) is 5.69 Å². The Kier molecular flexibility index (Phi) is 6.82. The smallest absolute Gasteiger partial charge is 0.256 e. The molecule has 4 nitrogen and oxygen atoms in total. The van der Waals surface area contributed by atoms with E-state index in [4.69, 9.17) is 16.3 Å². The molecule has 1 N–H and O–H groups in total. The Labute approximate surface area is 126 Å². The molecular weight excluding hydrogens is 276 g/mol. The highest BCUT2D eigenvalue weighted by molar-refractivity contribution is 6.31. The van der Waals surface area contributed by atoms with Gasteiger partial charge < -0.3 is 15.0 Å². The number of rotatable bonds is 7. The molecule has 1 amide bonds. The van der Waals surface area contributed by atoms with Crippen molar-refractivity contribution in [2.75, 3.05) is 39.2 Å². The molecule has 1 rings (SSSR count). The van der Waals surface area contributed by atoms with Crippen LogP contribution >= 0.6 is 11.6 Å². The average molecular weight is 299 g/mol. The van der Waals surface area contributed by atoms with Crippen molar-refractivity contribution in [1.29, 1.82) is 0 Å². The molecule has 0 aromatic heterocycles. The second-order valence-corrected chi connectivity index (χ2v) is 5.51. The monoisotopic (exact) mass is 298 g/mol. The van der Waals surface area contributed by atoms with E-state index >= 15 is 0 Å². The van der Waals surface area contributed by atoms with E-state index in [9.17, 15) is 4.79 Å². The van der Waals surface area contributed by atoms with E-state index in [-0.39, 0.29) is 5.91 Å². The summed E-state index contributed by atoms with van der Waals surface area (Å²) in [4.78, 5) is 14.5. The lowest BCUT2D eigenvalue weighted by Gasteiger charge is -2.25. The Bertz CT molecular complexity index is 449. The van der Waals surface area contributed by atoms with Gasteiger partial charge in [-0.3, -0.25) is 4.79 Å². The molecule has 0 aliphatic rings. The fourth-order valence-electron chi connectivity index (χ4n) is 2.00. The SMILES string of the molecule is CNc1ccc(Cl)cc1C(=O)N(CCOC)CC(C)C. The molecule has 0 radical (unpaired) electrons. The molecule has 0 saturated carbocycles. The Morgan fingerprint density at radius 3 is 2.70 bits per heavy atom. The predicted octanol–water partition coefficient (Wildman–Crippen LogP) is 3.13. The van der Waals surface area contributed by atoms with Gasteiger partial charge >= 0.3 is 0 Å². The molecule has 0 heterocycles. The van der Waals surface area contributed by atoms with E-state index in [2.05, 4.69) is 19.2 Å². The van der Waals surface area contributed by atoms with Crippen LogP contribution in [-0.4, -0.2) is 44.7 Å². The predicted molar refractivity (Wildman–Crippen MR) is 83.6 cm³/mol. The number of carbonyl (C=O) groups excluding carboxylic acids is 1. The number of ether oxygens (including phenoxy) is 1. The molecule has 0 bridgehead atoms. The molecule has 20 heavy (non-hydrogen) atoms. The Hall–Kier alpha value is -1.26. The first-order chi connectivity index (χ1) is 9.49. The zero-order chi connectivity index (χ0) is 15.1. The largest absolute Gasteiger partial charge is 0.387 e. The second kappa shape index (κ2) is 8.12. The van der Waals surface area contributed by atoms with Crippen molar-refractivity contribution >= 4 is 23.2 Å². The van der Waals surface area contributed by atoms with Crippen LogP contribution in [-0.2, 0) is 4.74 Å². The number of benzene rings is 1. The molecular formula is C15H23ClN2O2. The summed E-state index contributed by atoms with van der Waals surface area (Å²) in [5.74, 6) is 0.371. The molecule has 1 aromatic rings. The summed E-state index contributed by atoms with van der Waals surface area (Å²) in [5.41, 5.74) is 1.38. The van der Waals surface area contributed by atoms with Crippen LogP contribution in [0.2, 0.25) is 5.02 Å². The number of halogens is 1. The molecule has 0 atom stereocenters. The number of hydrogen-bond donors (Lipinski definition) is 1. The number of hydrogen-bond acceptors (Lipinski definition) is 3. The lowest BCUT2D eigenvalue weighted by molar-refractivity contribution is 0.0673. The first kappa shape index (κ1) is 16.8. The molecule has 0 unspecified atom stereocenters. The maximum atomic E-state index is 12.7. The lowest BCUT2D eigenvalue weighted by Crippen LogP contribution is -2.37. The Morgan fingerprint density at radius 2 is 2.15 bits per heavy atom. The minimum atomic E-state index is -0.0254. The molecule has 0 saturated heterocycles. The maximum absolute atomic E-state index is 12.7. The van der Waals surface area contributed by atoms with E-state index < -0.39 is 0 Å². The van der Waals surface area contributed by atoms with Crippen LogP contribution in [0.5, 0.6) is 0 Å². The highest BCUT2D eigenvalue weighted by atomic mass is 35.5.